The Bertz CT molecular complexity index is 281. The molecule has 1 heterocycles. The monoisotopic (exact) mass is 278 g/mol. The first-order chi connectivity index (χ1) is 9.86. The third-order valence-electron chi connectivity index (χ3n) is 5.96. The van der Waals surface area contributed by atoms with Gasteiger partial charge in [0, 0.05) is 24.7 Å². The van der Waals surface area contributed by atoms with Crippen LogP contribution in [0.3, 0.4) is 0 Å². The van der Waals surface area contributed by atoms with Crippen LogP contribution in [0.1, 0.15) is 77.6 Å². The molecular formula is C18H34N2. The molecule has 0 aromatic carbocycles. The maximum atomic E-state index is 3.77. The zero-order valence-electron chi connectivity index (χ0n) is 13.4. The number of nitrogens with one attached hydrogen (secondary N) is 1. The minimum Gasteiger partial charge on any atom is -0.313 e. The molecule has 116 valence electrons. The molecule has 0 spiro atoms. The molecule has 2 heteroatoms. The highest BCUT2D eigenvalue weighted by atomic mass is 15.2. The molecular weight excluding hydrogens is 244 g/mol. The summed E-state index contributed by atoms with van der Waals surface area (Å²) >= 11 is 0. The highest BCUT2D eigenvalue weighted by Gasteiger charge is 2.36. The van der Waals surface area contributed by atoms with Gasteiger partial charge in [-0.1, -0.05) is 32.6 Å². The molecule has 2 nitrogen and oxygen atoms in total. The summed E-state index contributed by atoms with van der Waals surface area (Å²) in [6.07, 6.45) is 16.0. The predicted molar refractivity (Wildman–Crippen MR) is 86.0 cm³/mol. The Balaban J connectivity index is 1.55. The van der Waals surface area contributed by atoms with E-state index < -0.39 is 0 Å². The zero-order valence-corrected chi connectivity index (χ0v) is 13.4. The maximum Gasteiger partial charge on any atom is 0.0195 e. The summed E-state index contributed by atoms with van der Waals surface area (Å²) in [4.78, 5) is 2.93. The summed E-state index contributed by atoms with van der Waals surface area (Å²) in [6, 6.07) is 2.64. The van der Waals surface area contributed by atoms with Crippen molar-refractivity contribution in [1.82, 2.24) is 10.2 Å². The van der Waals surface area contributed by atoms with E-state index in [1.54, 1.807) is 0 Å². The Labute approximate surface area is 125 Å². The summed E-state index contributed by atoms with van der Waals surface area (Å²) in [5.74, 6) is 1.02. The van der Waals surface area contributed by atoms with Crippen molar-refractivity contribution in [2.45, 2.75) is 95.7 Å². The van der Waals surface area contributed by atoms with Gasteiger partial charge in [0.2, 0.25) is 0 Å². The van der Waals surface area contributed by atoms with Crippen LogP contribution in [-0.2, 0) is 0 Å². The van der Waals surface area contributed by atoms with E-state index in [4.69, 9.17) is 0 Å². The second kappa shape index (κ2) is 7.26. The molecule has 3 aliphatic rings. The number of piperidine rings is 1. The van der Waals surface area contributed by atoms with E-state index in [0.717, 1.165) is 24.0 Å². The molecule has 0 bridgehead atoms. The van der Waals surface area contributed by atoms with Crippen molar-refractivity contribution in [3.05, 3.63) is 0 Å². The molecule has 1 saturated heterocycles. The molecule has 3 fully saturated rings. The van der Waals surface area contributed by atoms with Gasteiger partial charge in [-0.05, 0) is 57.4 Å². The molecule has 2 aliphatic carbocycles. The average Bonchev–Trinajstić information content (AvgIpc) is 3.33. The first-order valence-corrected chi connectivity index (χ1v) is 9.36. The van der Waals surface area contributed by atoms with Gasteiger partial charge in [-0.15, -0.1) is 0 Å². The lowest BCUT2D eigenvalue weighted by atomic mass is 9.97. The van der Waals surface area contributed by atoms with Gasteiger partial charge in [0.25, 0.3) is 0 Å². The summed E-state index contributed by atoms with van der Waals surface area (Å²) in [5, 5.41) is 3.77. The Hall–Kier alpha value is -0.0800. The van der Waals surface area contributed by atoms with Crippen LogP contribution in [0.2, 0.25) is 0 Å². The molecule has 0 radical (unpaired) electrons. The van der Waals surface area contributed by atoms with Crippen molar-refractivity contribution in [3.63, 3.8) is 0 Å². The Morgan fingerprint density at radius 2 is 1.65 bits per heavy atom. The van der Waals surface area contributed by atoms with E-state index in [2.05, 4.69) is 17.1 Å². The van der Waals surface area contributed by atoms with Gasteiger partial charge in [-0.2, -0.15) is 0 Å². The molecule has 0 amide bonds. The standard InChI is InChI=1S/C18H34N2/c1-2-15-6-5-8-17(10-9-15)20(18-11-12-18)14-16-7-3-4-13-19-16/h15-19H,2-14H2,1H3. The molecule has 3 unspecified atom stereocenters. The van der Waals surface area contributed by atoms with Crippen LogP contribution in [-0.4, -0.2) is 36.1 Å². The Morgan fingerprint density at radius 1 is 0.850 bits per heavy atom. The lowest BCUT2D eigenvalue weighted by Gasteiger charge is -2.36. The van der Waals surface area contributed by atoms with E-state index >= 15 is 0 Å². The largest absolute Gasteiger partial charge is 0.313 e. The fraction of sp³-hybridized carbons (Fsp3) is 1.00. The SMILES string of the molecule is CCC1CCCC(N(CC2CCCCN2)C2CC2)CC1. The lowest BCUT2D eigenvalue weighted by molar-refractivity contribution is 0.142. The number of hydrogen-bond acceptors (Lipinski definition) is 2. The highest BCUT2D eigenvalue weighted by Crippen LogP contribution is 2.35. The molecule has 0 aromatic heterocycles. The van der Waals surface area contributed by atoms with E-state index in [1.165, 1.54) is 83.7 Å². The molecule has 3 rings (SSSR count). The summed E-state index contributed by atoms with van der Waals surface area (Å²) in [5.41, 5.74) is 0. The number of rotatable bonds is 5. The van der Waals surface area contributed by atoms with Crippen LogP contribution in [0.4, 0.5) is 0 Å². The van der Waals surface area contributed by atoms with Crippen molar-refractivity contribution in [1.29, 1.82) is 0 Å². The molecule has 3 atom stereocenters. The van der Waals surface area contributed by atoms with Crippen LogP contribution >= 0.6 is 0 Å². The number of nitrogens with zero attached hydrogens (tertiary/aromatic N) is 1. The van der Waals surface area contributed by atoms with Crippen molar-refractivity contribution in [2.75, 3.05) is 13.1 Å². The highest BCUT2D eigenvalue weighted by molar-refractivity contribution is 4.92. The van der Waals surface area contributed by atoms with Crippen LogP contribution in [0, 0.1) is 5.92 Å². The van der Waals surface area contributed by atoms with E-state index in [0.29, 0.717) is 0 Å². The topological polar surface area (TPSA) is 15.3 Å². The molecule has 2 saturated carbocycles. The predicted octanol–water partition coefficient (Wildman–Crippen LogP) is 3.95. The van der Waals surface area contributed by atoms with Gasteiger partial charge < -0.3 is 5.32 Å². The van der Waals surface area contributed by atoms with Gasteiger partial charge in [-0.3, -0.25) is 4.90 Å². The third kappa shape index (κ3) is 3.98. The van der Waals surface area contributed by atoms with Gasteiger partial charge in [0.15, 0.2) is 0 Å². The Kier molecular flexibility index (Phi) is 5.39. The summed E-state index contributed by atoms with van der Waals surface area (Å²) in [6.45, 7) is 4.98. The van der Waals surface area contributed by atoms with Crippen LogP contribution < -0.4 is 5.32 Å². The smallest absolute Gasteiger partial charge is 0.0195 e. The molecule has 1 aliphatic heterocycles. The zero-order chi connectivity index (χ0) is 13.8. The molecule has 20 heavy (non-hydrogen) atoms. The first kappa shape index (κ1) is 14.8. The fourth-order valence-electron chi connectivity index (χ4n) is 4.44. The van der Waals surface area contributed by atoms with Crippen molar-refractivity contribution >= 4 is 0 Å². The maximum absolute atomic E-state index is 3.77. The first-order valence-electron chi connectivity index (χ1n) is 9.36. The lowest BCUT2D eigenvalue weighted by Crippen LogP contribution is -2.48. The second-order valence-electron chi connectivity index (χ2n) is 7.51. The van der Waals surface area contributed by atoms with E-state index in [9.17, 15) is 0 Å². The van der Waals surface area contributed by atoms with Crippen LogP contribution in [0.5, 0.6) is 0 Å². The Morgan fingerprint density at radius 3 is 2.35 bits per heavy atom. The van der Waals surface area contributed by atoms with Gasteiger partial charge in [0.05, 0.1) is 0 Å². The molecule has 1 N–H and O–H groups in total. The van der Waals surface area contributed by atoms with Gasteiger partial charge in [-0.25, -0.2) is 0 Å². The van der Waals surface area contributed by atoms with Gasteiger partial charge >= 0.3 is 0 Å². The average molecular weight is 278 g/mol. The minimum atomic E-state index is 0.787. The minimum absolute atomic E-state index is 0.787. The van der Waals surface area contributed by atoms with E-state index in [-0.39, 0.29) is 0 Å². The molecule has 0 aromatic rings. The summed E-state index contributed by atoms with van der Waals surface area (Å²) in [7, 11) is 0. The summed E-state index contributed by atoms with van der Waals surface area (Å²) < 4.78 is 0. The normalized spacial score (nSPS) is 36.0. The van der Waals surface area contributed by atoms with E-state index in [1.807, 2.05) is 0 Å². The second-order valence-corrected chi connectivity index (χ2v) is 7.51. The van der Waals surface area contributed by atoms with Crippen LogP contribution in [0.25, 0.3) is 0 Å². The van der Waals surface area contributed by atoms with Crippen molar-refractivity contribution in [2.24, 2.45) is 5.92 Å². The van der Waals surface area contributed by atoms with Crippen LogP contribution in [0.15, 0.2) is 0 Å². The quantitative estimate of drug-likeness (QED) is 0.766. The number of hydrogen-bond donors (Lipinski definition) is 1. The van der Waals surface area contributed by atoms with Gasteiger partial charge in [0.1, 0.15) is 0 Å². The third-order valence-corrected chi connectivity index (χ3v) is 5.96. The van der Waals surface area contributed by atoms with Crippen molar-refractivity contribution < 1.29 is 0 Å². The van der Waals surface area contributed by atoms with Crippen molar-refractivity contribution in [3.8, 4) is 0 Å². The fourth-order valence-corrected chi connectivity index (χ4v) is 4.44.